The lowest BCUT2D eigenvalue weighted by Gasteiger charge is -2.36. The minimum Gasteiger partial charge on any atom is -0.368 e. The van der Waals surface area contributed by atoms with Gasteiger partial charge in [0.15, 0.2) is 0 Å². The summed E-state index contributed by atoms with van der Waals surface area (Å²) in [6.07, 6.45) is 4.14. The summed E-state index contributed by atoms with van der Waals surface area (Å²) >= 11 is 0. The highest BCUT2D eigenvalue weighted by Crippen LogP contribution is 2.39. The van der Waals surface area contributed by atoms with E-state index in [1.165, 1.54) is 12.8 Å². The maximum Gasteiger partial charge on any atom is 0.238 e. The van der Waals surface area contributed by atoms with Crippen molar-refractivity contribution in [2.75, 3.05) is 36.0 Å². The van der Waals surface area contributed by atoms with Gasteiger partial charge in [0.2, 0.25) is 10.0 Å². The molecule has 0 unspecified atom stereocenters. The van der Waals surface area contributed by atoms with Gasteiger partial charge in [0.05, 0.1) is 4.90 Å². The third kappa shape index (κ3) is 3.59. The number of primary sulfonamides is 1. The Hall–Kier alpha value is -2.19. The van der Waals surface area contributed by atoms with E-state index >= 15 is 0 Å². The summed E-state index contributed by atoms with van der Waals surface area (Å²) in [7, 11) is -3.64. The first kappa shape index (κ1) is 16.3. The minimum atomic E-state index is -3.64. The molecule has 1 saturated heterocycles. The second-order valence-electron chi connectivity index (χ2n) is 6.59. The summed E-state index contributed by atoms with van der Waals surface area (Å²) in [5.74, 6) is 1.63. The number of benzene rings is 1. The van der Waals surface area contributed by atoms with Crippen LogP contribution in [-0.2, 0) is 10.0 Å². The first-order valence-electron chi connectivity index (χ1n) is 8.45. The largest absolute Gasteiger partial charge is 0.368 e. The van der Waals surface area contributed by atoms with Crippen molar-refractivity contribution in [3.8, 4) is 0 Å². The van der Waals surface area contributed by atoms with Gasteiger partial charge in [-0.3, -0.25) is 0 Å². The molecule has 1 aliphatic carbocycles. The van der Waals surface area contributed by atoms with Gasteiger partial charge in [-0.15, -0.1) is 0 Å². The predicted octanol–water partition coefficient (Wildman–Crippen LogP) is 1.33. The molecule has 1 aliphatic heterocycles. The molecule has 2 aromatic rings. The van der Waals surface area contributed by atoms with Crippen molar-refractivity contribution in [2.24, 2.45) is 5.14 Å². The quantitative estimate of drug-likeness (QED) is 0.885. The zero-order valence-electron chi connectivity index (χ0n) is 13.9. The van der Waals surface area contributed by atoms with Crippen LogP contribution in [0.25, 0.3) is 0 Å². The van der Waals surface area contributed by atoms with E-state index in [1.807, 2.05) is 12.1 Å². The molecule has 132 valence electrons. The number of hydrogen-bond acceptors (Lipinski definition) is 6. The van der Waals surface area contributed by atoms with E-state index in [2.05, 4.69) is 25.8 Å². The number of sulfonamides is 1. The molecule has 1 saturated carbocycles. The number of hydrogen-bond donors (Lipinski definition) is 1. The number of nitrogens with zero attached hydrogens (tertiary/aromatic N) is 4. The molecule has 0 spiro atoms. The van der Waals surface area contributed by atoms with Gasteiger partial charge in [0.1, 0.15) is 12.1 Å². The maximum atomic E-state index is 11.3. The minimum absolute atomic E-state index is 0.142. The van der Waals surface area contributed by atoms with Gasteiger partial charge >= 0.3 is 0 Å². The van der Waals surface area contributed by atoms with E-state index in [1.54, 1.807) is 18.5 Å². The molecular formula is C17H21N5O2S. The number of anilines is 2. The Balaban J connectivity index is 1.42. The SMILES string of the molecule is NS(=O)(=O)c1ccc(N2CCN(c3cc(C4CC4)ncn3)CC2)cc1. The van der Waals surface area contributed by atoms with Gasteiger partial charge in [-0.1, -0.05) is 0 Å². The van der Waals surface area contributed by atoms with Gasteiger partial charge in [-0.2, -0.15) is 0 Å². The zero-order valence-corrected chi connectivity index (χ0v) is 14.7. The van der Waals surface area contributed by atoms with Crippen LogP contribution < -0.4 is 14.9 Å². The molecule has 2 N–H and O–H groups in total. The van der Waals surface area contributed by atoms with Crippen molar-refractivity contribution in [2.45, 2.75) is 23.7 Å². The molecule has 25 heavy (non-hydrogen) atoms. The Morgan fingerprint density at radius 1 is 0.960 bits per heavy atom. The second-order valence-corrected chi connectivity index (χ2v) is 8.15. The Kier molecular flexibility index (Phi) is 4.09. The fraction of sp³-hybridized carbons (Fsp3) is 0.412. The standard InChI is InChI=1S/C17H21N5O2S/c18-25(23,24)15-5-3-14(4-6-15)21-7-9-22(10-8-21)17-11-16(13-1-2-13)19-12-20-17/h3-6,11-13H,1-2,7-10H2,(H2,18,23,24). The molecule has 7 nitrogen and oxygen atoms in total. The monoisotopic (exact) mass is 359 g/mol. The van der Waals surface area contributed by atoms with Crippen LogP contribution in [0.1, 0.15) is 24.5 Å². The van der Waals surface area contributed by atoms with Crippen molar-refractivity contribution in [3.63, 3.8) is 0 Å². The molecule has 2 fully saturated rings. The van der Waals surface area contributed by atoms with Gasteiger partial charge in [0.25, 0.3) is 0 Å². The summed E-state index contributed by atoms with van der Waals surface area (Å²) in [6, 6.07) is 8.86. The average Bonchev–Trinajstić information content (AvgIpc) is 3.47. The molecule has 1 aromatic heterocycles. The zero-order chi connectivity index (χ0) is 17.4. The number of aromatic nitrogens is 2. The summed E-state index contributed by atoms with van der Waals surface area (Å²) in [4.78, 5) is 13.5. The van der Waals surface area contributed by atoms with E-state index in [4.69, 9.17) is 5.14 Å². The molecule has 4 rings (SSSR count). The maximum absolute atomic E-state index is 11.3. The Bertz CT molecular complexity index is 857. The highest BCUT2D eigenvalue weighted by molar-refractivity contribution is 7.89. The highest BCUT2D eigenvalue weighted by atomic mass is 32.2. The molecular weight excluding hydrogens is 338 g/mol. The number of nitrogens with two attached hydrogens (primary N) is 1. The summed E-state index contributed by atoms with van der Waals surface area (Å²) < 4.78 is 22.7. The van der Waals surface area contributed by atoms with Crippen LogP contribution in [-0.4, -0.2) is 44.6 Å². The molecule has 1 aromatic carbocycles. The van der Waals surface area contributed by atoms with E-state index in [9.17, 15) is 8.42 Å². The van der Waals surface area contributed by atoms with Gasteiger partial charge < -0.3 is 9.80 Å². The fourth-order valence-corrected chi connectivity index (χ4v) is 3.69. The topological polar surface area (TPSA) is 92.4 Å². The summed E-state index contributed by atoms with van der Waals surface area (Å²) in [5, 5.41) is 5.15. The highest BCUT2D eigenvalue weighted by Gasteiger charge is 2.26. The molecule has 2 heterocycles. The Morgan fingerprint density at radius 3 is 2.20 bits per heavy atom. The van der Waals surface area contributed by atoms with Crippen molar-refractivity contribution >= 4 is 21.5 Å². The van der Waals surface area contributed by atoms with Crippen molar-refractivity contribution in [1.82, 2.24) is 9.97 Å². The van der Waals surface area contributed by atoms with E-state index in [-0.39, 0.29) is 4.90 Å². The van der Waals surface area contributed by atoms with E-state index in [0.29, 0.717) is 5.92 Å². The number of piperazine rings is 1. The lowest BCUT2D eigenvalue weighted by molar-refractivity contribution is 0.597. The summed E-state index contributed by atoms with van der Waals surface area (Å²) in [6.45, 7) is 3.46. The first-order chi connectivity index (χ1) is 12.0. The Labute approximate surface area is 147 Å². The fourth-order valence-electron chi connectivity index (χ4n) is 3.18. The molecule has 0 atom stereocenters. The summed E-state index contributed by atoms with van der Waals surface area (Å²) in [5.41, 5.74) is 2.17. The Morgan fingerprint density at radius 2 is 1.60 bits per heavy atom. The van der Waals surface area contributed by atoms with E-state index in [0.717, 1.165) is 43.4 Å². The molecule has 0 bridgehead atoms. The third-order valence-corrected chi connectivity index (χ3v) is 5.73. The van der Waals surface area contributed by atoms with Crippen LogP contribution in [0.3, 0.4) is 0 Å². The molecule has 0 amide bonds. The van der Waals surface area contributed by atoms with Gasteiger partial charge in [-0.25, -0.2) is 23.5 Å². The van der Waals surface area contributed by atoms with Crippen LogP contribution >= 0.6 is 0 Å². The number of rotatable bonds is 4. The van der Waals surface area contributed by atoms with E-state index < -0.39 is 10.0 Å². The molecule has 8 heteroatoms. The van der Waals surface area contributed by atoms with Crippen molar-refractivity contribution in [3.05, 3.63) is 42.4 Å². The van der Waals surface area contributed by atoms with Gasteiger partial charge in [0, 0.05) is 49.5 Å². The normalized spacial score (nSPS) is 18.4. The van der Waals surface area contributed by atoms with Crippen LogP contribution in [0.15, 0.2) is 41.6 Å². The molecule has 0 radical (unpaired) electrons. The van der Waals surface area contributed by atoms with Crippen molar-refractivity contribution in [1.29, 1.82) is 0 Å². The van der Waals surface area contributed by atoms with Crippen LogP contribution in [0, 0.1) is 0 Å². The van der Waals surface area contributed by atoms with Crippen LogP contribution in [0.5, 0.6) is 0 Å². The predicted molar refractivity (Wildman–Crippen MR) is 96.2 cm³/mol. The second kappa shape index (κ2) is 6.27. The lowest BCUT2D eigenvalue weighted by atomic mass is 10.2. The lowest BCUT2D eigenvalue weighted by Crippen LogP contribution is -2.46. The smallest absolute Gasteiger partial charge is 0.238 e. The van der Waals surface area contributed by atoms with Crippen LogP contribution in [0.4, 0.5) is 11.5 Å². The average molecular weight is 359 g/mol. The van der Waals surface area contributed by atoms with Crippen LogP contribution in [0.2, 0.25) is 0 Å². The molecule has 2 aliphatic rings. The van der Waals surface area contributed by atoms with Gasteiger partial charge in [-0.05, 0) is 37.1 Å². The third-order valence-electron chi connectivity index (χ3n) is 4.80. The van der Waals surface area contributed by atoms with Crippen molar-refractivity contribution < 1.29 is 8.42 Å². The first-order valence-corrected chi connectivity index (χ1v) is 10.00.